The number of hydrogen-bond donors (Lipinski definition) is 0. The molecule has 1 aliphatic rings. The van der Waals surface area contributed by atoms with E-state index in [0.29, 0.717) is 22.7 Å². The minimum atomic E-state index is -0.372. The van der Waals surface area contributed by atoms with E-state index in [1.54, 1.807) is 21.6 Å². The molecule has 1 aliphatic heterocycles. The predicted molar refractivity (Wildman–Crippen MR) is 134 cm³/mol. The maximum atomic E-state index is 11.7. The van der Waals surface area contributed by atoms with Crippen LogP contribution in [0.4, 0.5) is 4.79 Å². The van der Waals surface area contributed by atoms with Crippen LogP contribution in [0.25, 0.3) is 16.8 Å². The zero-order chi connectivity index (χ0) is 26.0. The van der Waals surface area contributed by atoms with Crippen LogP contribution in [-0.4, -0.2) is 61.2 Å². The van der Waals surface area contributed by atoms with Crippen LogP contribution in [0.5, 0.6) is 5.88 Å². The number of fused-ring (bicyclic) bond motifs is 1. The molecule has 0 aromatic carbocycles. The molecule has 0 atom stereocenters. The average Bonchev–Trinajstić information content (AvgIpc) is 3.35. The van der Waals surface area contributed by atoms with E-state index in [9.17, 15) is 4.79 Å². The molecule has 10 nitrogen and oxygen atoms in total. The molecule has 0 saturated carbocycles. The van der Waals surface area contributed by atoms with Crippen molar-refractivity contribution in [3.63, 3.8) is 0 Å². The molecule has 190 valence electrons. The Labute approximate surface area is 207 Å². The van der Waals surface area contributed by atoms with Crippen molar-refractivity contribution in [2.75, 3.05) is 20.2 Å². The number of nitriles is 1. The van der Waals surface area contributed by atoms with Crippen molar-refractivity contribution in [3.05, 3.63) is 30.4 Å². The van der Waals surface area contributed by atoms with Gasteiger partial charge in [-0.1, -0.05) is 26.7 Å². The summed E-state index contributed by atoms with van der Waals surface area (Å²) in [7, 11) is 3.35. The normalized spacial score (nSPS) is 13.5. The molecule has 0 spiro atoms. The Balaban J connectivity index is 0.000000241. The van der Waals surface area contributed by atoms with Gasteiger partial charge in [0.05, 0.1) is 31.4 Å². The van der Waals surface area contributed by atoms with E-state index in [1.165, 1.54) is 26.1 Å². The molecule has 4 heterocycles. The van der Waals surface area contributed by atoms with Gasteiger partial charge >= 0.3 is 6.09 Å². The molecule has 0 N–H and O–H groups in total. The summed E-state index contributed by atoms with van der Waals surface area (Å²) in [5, 5.41) is 17.3. The third-order valence-corrected chi connectivity index (χ3v) is 5.04. The number of carbonyl (C=O) groups excluding carboxylic acids is 1. The highest BCUT2D eigenvalue weighted by atomic mass is 16.6. The summed E-state index contributed by atoms with van der Waals surface area (Å²) in [4.78, 5) is 17.9. The highest BCUT2D eigenvalue weighted by Crippen LogP contribution is 2.25. The summed E-state index contributed by atoms with van der Waals surface area (Å²) in [5.74, 6) is 0.371. The topological polar surface area (TPSA) is 111 Å². The second-order valence-electron chi connectivity index (χ2n) is 8.88. The smallest absolute Gasteiger partial charge is 0.410 e. The fourth-order valence-corrected chi connectivity index (χ4v) is 3.48. The fourth-order valence-electron chi connectivity index (χ4n) is 3.48. The molecule has 3 aromatic heterocycles. The second kappa shape index (κ2) is 12.7. The van der Waals surface area contributed by atoms with Crippen molar-refractivity contribution in [2.45, 2.75) is 65.9 Å². The Bertz CT molecular complexity index is 1130. The SMILES string of the molecule is CC.CC(C)(C)OC(=O)N1CCCCCC1.COc1nc(-c2cnn(C)c2)cn2ncc(C#N)c12. The second-order valence-corrected chi connectivity index (χ2v) is 8.88. The Kier molecular flexibility index (Phi) is 10.1. The lowest BCUT2D eigenvalue weighted by atomic mass is 10.2. The van der Waals surface area contributed by atoms with E-state index in [-0.39, 0.29) is 11.7 Å². The van der Waals surface area contributed by atoms with E-state index >= 15 is 0 Å². The van der Waals surface area contributed by atoms with Gasteiger partial charge in [-0.2, -0.15) is 15.5 Å². The van der Waals surface area contributed by atoms with Crippen LogP contribution in [0.3, 0.4) is 0 Å². The van der Waals surface area contributed by atoms with Gasteiger partial charge < -0.3 is 14.4 Å². The van der Waals surface area contributed by atoms with Crippen LogP contribution in [-0.2, 0) is 11.8 Å². The van der Waals surface area contributed by atoms with Gasteiger partial charge in [0.15, 0.2) is 0 Å². The number of rotatable bonds is 2. The highest BCUT2D eigenvalue weighted by molar-refractivity contribution is 5.70. The lowest BCUT2D eigenvalue weighted by Crippen LogP contribution is -2.37. The van der Waals surface area contributed by atoms with Crippen molar-refractivity contribution in [2.24, 2.45) is 7.05 Å². The van der Waals surface area contributed by atoms with Crippen molar-refractivity contribution >= 4 is 11.6 Å². The van der Waals surface area contributed by atoms with Gasteiger partial charge in [0.25, 0.3) is 0 Å². The van der Waals surface area contributed by atoms with E-state index in [2.05, 4.69) is 21.3 Å². The first-order valence-electron chi connectivity index (χ1n) is 12.0. The number of methoxy groups -OCH3 is 1. The van der Waals surface area contributed by atoms with Gasteiger partial charge in [-0.25, -0.2) is 14.3 Å². The molecule has 1 saturated heterocycles. The maximum Gasteiger partial charge on any atom is 0.410 e. The zero-order valence-corrected chi connectivity index (χ0v) is 21.9. The summed E-state index contributed by atoms with van der Waals surface area (Å²) >= 11 is 0. The largest absolute Gasteiger partial charge is 0.479 e. The lowest BCUT2D eigenvalue weighted by Gasteiger charge is -2.26. The summed E-state index contributed by atoms with van der Waals surface area (Å²) in [6.45, 7) is 11.4. The van der Waals surface area contributed by atoms with Gasteiger partial charge in [0, 0.05) is 31.9 Å². The standard InChI is InChI=1S/C12H10N6O.C11H21NO2.C2H6/c1-17-6-9(5-14-17)10-7-18-11(12(16-10)19-2)8(3-13)4-15-18;1-11(2,3)14-10(13)12-8-6-4-5-7-9-12;1-2/h4-7H,1-2H3;4-9H2,1-3H3;1-2H3. The third kappa shape index (κ3) is 7.70. The predicted octanol–water partition coefficient (Wildman–Crippen LogP) is 4.83. The molecule has 0 unspecified atom stereocenters. The molecule has 0 bridgehead atoms. The van der Waals surface area contributed by atoms with Crippen LogP contribution in [0.2, 0.25) is 0 Å². The van der Waals surface area contributed by atoms with Gasteiger partial charge in [-0.15, -0.1) is 0 Å². The fraction of sp³-hybridized carbons (Fsp3) is 0.560. The first-order valence-corrected chi connectivity index (χ1v) is 12.0. The molecule has 10 heteroatoms. The lowest BCUT2D eigenvalue weighted by molar-refractivity contribution is 0.0257. The molecule has 35 heavy (non-hydrogen) atoms. The number of likely N-dealkylation sites (tertiary alicyclic amines) is 1. The molecule has 1 fully saturated rings. The first-order chi connectivity index (χ1) is 16.7. The van der Waals surface area contributed by atoms with Crippen LogP contribution < -0.4 is 4.74 Å². The van der Waals surface area contributed by atoms with Crippen molar-refractivity contribution in [3.8, 4) is 23.2 Å². The Morgan fingerprint density at radius 1 is 1.06 bits per heavy atom. The van der Waals surface area contributed by atoms with E-state index in [4.69, 9.17) is 14.7 Å². The number of nitrogens with zero attached hydrogens (tertiary/aromatic N) is 7. The van der Waals surface area contributed by atoms with Crippen LogP contribution in [0.15, 0.2) is 24.8 Å². The van der Waals surface area contributed by atoms with Crippen LogP contribution >= 0.6 is 0 Å². The van der Waals surface area contributed by atoms with Crippen LogP contribution in [0, 0.1) is 11.3 Å². The molecular formula is C25H37N7O3. The summed E-state index contributed by atoms with van der Waals surface area (Å²) in [6, 6.07) is 2.07. The monoisotopic (exact) mass is 483 g/mol. The molecule has 4 rings (SSSR count). The summed E-state index contributed by atoms with van der Waals surface area (Å²) < 4.78 is 13.8. The van der Waals surface area contributed by atoms with E-state index in [1.807, 2.05) is 52.8 Å². The van der Waals surface area contributed by atoms with Gasteiger partial charge in [0.2, 0.25) is 5.88 Å². The van der Waals surface area contributed by atoms with Gasteiger partial charge in [-0.3, -0.25) is 4.68 Å². The minimum Gasteiger partial charge on any atom is -0.479 e. The maximum absolute atomic E-state index is 11.7. The van der Waals surface area contributed by atoms with Gasteiger partial charge in [-0.05, 0) is 33.6 Å². The number of carbonyl (C=O) groups is 1. The molecule has 3 aromatic rings. The number of ether oxygens (including phenoxy) is 2. The molecule has 0 radical (unpaired) electrons. The minimum absolute atomic E-state index is 0.153. The zero-order valence-electron chi connectivity index (χ0n) is 21.9. The molecule has 1 amide bonds. The third-order valence-electron chi connectivity index (χ3n) is 5.04. The van der Waals surface area contributed by atoms with Crippen molar-refractivity contribution in [1.29, 1.82) is 5.26 Å². The summed E-state index contributed by atoms with van der Waals surface area (Å²) in [5.41, 5.74) is 2.17. The Morgan fingerprint density at radius 2 is 1.71 bits per heavy atom. The average molecular weight is 484 g/mol. The quantitative estimate of drug-likeness (QED) is 0.513. The molecular weight excluding hydrogens is 446 g/mol. The van der Waals surface area contributed by atoms with Gasteiger partial charge in [0.1, 0.15) is 22.8 Å². The van der Waals surface area contributed by atoms with E-state index in [0.717, 1.165) is 31.5 Å². The Hall–Kier alpha value is -3.61. The van der Waals surface area contributed by atoms with Crippen LogP contribution in [0.1, 0.15) is 65.9 Å². The number of aryl methyl sites for hydroxylation is 1. The van der Waals surface area contributed by atoms with Crippen molar-refractivity contribution < 1.29 is 14.3 Å². The number of aromatic nitrogens is 5. The summed E-state index contributed by atoms with van der Waals surface area (Å²) in [6.07, 6.45) is 11.3. The Morgan fingerprint density at radius 3 is 2.23 bits per heavy atom. The molecule has 0 aliphatic carbocycles. The number of hydrogen-bond acceptors (Lipinski definition) is 7. The van der Waals surface area contributed by atoms with E-state index < -0.39 is 0 Å². The number of amides is 1. The van der Waals surface area contributed by atoms with Crippen molar-refractivity contribution in [1.82, 2.24) is 29.3 Å². The first kappa shape index (κ1) is 27.6. The highest BCUT2D eigenvalue weighted by Gasteiger charge is 2.22.